The van der Waals surface area contributed by atoms with E-state index < -0.39 is 0 Å². The lowest BCUT2D eigenvalue weighted by atomic mass is 10.00. The lowest BCUT2D eigenvalue weighted by Crippen LogP contribution is -1.94. The third kappa shape index (κ3) is 5.73. The molecule has 0 aliphatic rings. The van der Waals surface area contributed by atoms with Gasteiger partial charge in [0, 0.05) is 67.2 Å². The molecule has 4 nitrogen and oxygen atoms in total. The molecule has 0 unspecified atom stereocenters. The third-order valence-electron chi connectivity index (χ3n) is 12.8. The SMILES string of the molecule is c1ccc(-c2ccc3c(c2)c2cc(-c4ccccc4)ccc2n3-c2ccc3oc4ccc(-c5cncc(-c6cccc(-n7c8ccccc8c8ccccc87)c6)c5)cc4c3c2)cc1. The molecule has 0 spiro atoms. The molecule has 0 amide bonds. The summed E-state index contributed by atoms with van der Waals surface area (Å²) in [5.74, 6) is 0. The molecule has 0 aliphatic carbocycles. The van der Waals surface area contributed by atoms with Crippen LogP contribution in [-0.4, -0.2) is 14.1 Å². The summed E-state index contributed by atoms with van der Waals surface area (Å²) in [6.45, 7) is 0. The molecule has 4 heterocycles. The average molecular weight is 804 g/mol. The number of pyridine rings is 1. The minimum Gasteiger partial charge on any atom is -0.456 e. The van der Waals surface area contributed by atoms with E-state index in [0.29, 0.717) is 0 Å². The Hall–Kier alpha value is -8.47. The summed E-state index contributed by atoms with van der Waals surface area (Å²) in [5, 5.41) is 7.08. The first-order valence-corrected chi connectivity index (χ1v) is 21.4. The molecule has 63 heavy (non-hydrogen) atoms. The number of hydrogen-bond acceptors (Lipinski definition) is 2. The number of nitrogens with zero attached hydrogens (tertiary/aromatic N) is 3. The number of fused-ring (bicyclic) bond motifs is 9. The molecule has 4 heteroatoms. The number of rotatable bonds is 6. The number of benzene rings is 9. The smallest absolute Gasteiger partial charge is 0.135 e. The number of hydrogen-bond donors (Lipinski definition) is 0. The van der Waals surface area contributed by atoms with Crippen LogP contribution in [0.2, 0.25) is 0 Å². The minimum absolute atomic E-state index is 0.858. The maximum Gasteiger partial charge on any atom is 0.135 e. The summed E-state index contributed by atoms with van der Waals surface area (Å²) >= 11 is 0. The minimum atomic E-state index is 0.858. The summed E-state index contributed by atoms with van der Waals surface area (Å²) in [6.07, 6.45) is 3.92. The van der Waals surface area contributed by atoms with Crippen molar-refractivity contribution in [3.8, 4) is 55.9 Å². The Labute approximate surface area is 363 Å². The Morgan fingerprint density at radius 1 is 0.270 bits per heavy atom. The van der Waals surface area contributed by atoms with E-state index in [0.717, 1.165) is 66.6 Å². The van der Waals surface area contributed by atoms with Gasteiger partial charge in [0.1, 0.15) is 11.2 Å². The summed E-state index contributed by atoms with van der Waals surface area (Å²) in [7, 11) is 0. The van der Waals surface area contributed by atoms with Crippen molar-refractivity contribution in [1.82, 2.24) is 14.1 Å². The van der Waals surface area contributed by atoms with E-state index in [9.17, 15) is 0 Å². The van der Waals surface area contributed by atoms with E-state index in [1.165, 1.54) is 54.8 Å². The molecule has 0 fully saturated rings. The third-order valence-corrected chi connectivity index (χ3v) is 12.8. The quantitative estimate of drug-likeness (QED) is 0.168. The van der Waals surface area contributed by atoms with Crippen molar-refractivity contribution in [3.05, 3.63) is 225 Å². The Morgan fingerprint density at radius 3 is 1.33 bits per heavy atom. The fourth-order valence-corrected chi connectivity index (χ4v) is 9.79. The molecule has 0 atom stereocenters. The standard InChI is InChI=1S/C59H37N3O/c1-3-12-38(13-4-1)41-22-26-56-50(32-41)51-33-42(39-14-5-2-6-15-39)23-27-57(51)62(56)47-25-29-59-53(35-47)52-34-43(24-28-58(52)63-59)45-30-44(36-60-37-45)40-16-11-17-46(31-40)61-54-20-9-7-18-48(54)49-19-8-10-21-55(49)61/h1-37H. The monoisotopic (exact) mass is 803 g/mol. The molecule has 0 saturated carbocycles. The van der Waals surface area contributed by atoms with Crippen LogP contribution in [0.25, 0.3) is 121 Å². The van der Waals surface area contributed by atoms with Gasteiger partial charge >= 0.3 is 0 Å². The highest BCUT2D eigenvalue weighted by molar-refractivity contribution is 6.13. The van der Waals surface area contributed by atoms with Gasteiger partial charge in [-0.25, -0.2) is 0 Å². The molecule has 13 aromatic rings. The summed E-state index contributed by atoms with van der Waals surface area (Å²) < 4.78 is 11.3. The summed E-state index contributed by atoms with van der Waals surface area (Å²) in [5.41, 5.74) is 17.7. The average Bonchev–Trinajstić information content (AvgIpc) is 4.01. The highest BCUT2D eigenvalue weighted by Crippen LogP contribution is 2.40. The zero-order valence-electron chi connectivity index (χ0n) is 34.1. The van der Waals surface area contributed by atoms with Crippen LogP contribution in [0.4, 0.5) is 0 Å². The van der Waals surface area contributed by atoms with Gasteiger partial charge in [-0.1, -0.05) is 127 Å². The van der Waals surface area contributed by atoms with Crippen LogP contribution in [0.15, 0.2) is 229 Å². The maximum absolute atomic E-state index is 6.50. The van der Waals surface area contributed by atoms with Gasteiger partial charge in [0.15, 0.2) is 0 Å². The first kappa shape index (κ1) is 35.3. The Kier molecular flexibility index (Phi) is 7.87. The van der Waals surface area contributed by atoms with Crippen molar-refractivity contribution in [1.29, 1.82) is 0 Å². The van der Waals surface area contributed by atoms with Crippen LogP contribution < -0.4 is 0 Å². The van der Waals surface area contributed by atoms with Crippen molar-refractivity contribution < 1.29 is 4.42 Å². The van der Waals surface area contributed by atoms with Crippen LogP contribution >= 0.6 is 0 Å². The van der Waals surface area contributed by atoms with Crippen molar-refractivity contribution in [2.75, 3.05) is 0 Å². The molecule has 0 N–H and O–H groups in total. The van der Waals surface area contributed by atoms with E-state index in [1.54, 1.807) is 0 Å². The van der Waals surface area contributed by atoms with Crippen molar-refractivity contribution in [2.24, 2.45) is 0 Å². The lowest BCUT2D eigenvalue weighted by Gasteiger charge is -2.11. The first-order chi connectivity index (χ1) is 31.2. The highest BCUT2D eigenvalue weighted by atomic mass is 16.3. The molecule has 4 aromatic heterocycles. The molecule has 0 radical (unpaired) electrons. The van der Waals surface area contributed by atoms with Gasteiger partial charge in [0.25, 0.3) is 0 Å². The molecule has 294 valence electrons. The predicted octanol–water partition coefficient (Wildman–Crippen LogP) is 15.8. The second kappa shape index (κ2) is 14.1. The van der Waals surface area contributed by atoms with Gasteiger partial charge in [-0.15, -0.1) is 0 Å². The maximum atomic E-state index is 6.50. The summed E-state index contributed by atoms with van der Waals surface area (Å²) in [4.78, 5) is 4.78. The topological polar surface area (TPSA) is 35.9 Å². The second-order valence-corrected chi connectivity index (χ2v) is 16.4. The predicted molar refractivity (Wildman–Crippen MR) is 262 cm³/mol. The van der Waals surface area contributed by atoms with Crippen LogP contribution in [-0.2, 0) is 0 Å². The van der Waals surface area contributed by atoms with Gasteiger partial charge in [0.2, 0.25) is 0 Å². The van der Waals surface area contributed by atoms with Crippen LogP contribution in [0, 0.1) is 0 Å². The van der Waals surface area contributed by atoms with Crippen LogP contribution in [0.5, 0.6) is 0 Å². The van der Waals surface area contributed by atoms with Crippen LogP contribution in [0.1, 0.15) is 0 Å². The van der Waals surface area contributed by atoms with E-state index in [1.807, 2.05) is 12.4 Å². The first-order valence-electron chi connectivity index (χ1n) is 21.4. The van der Waals surface area contributed by atoms with E-state index in [-0.39, 0.29) is 0 Å². The zero-order valence-corrected chi connectivity index (χ0v) is 34.1. The van der Waals surface area contributed by atoms with Gasteiger partial charge in [-0.2, -0.15) is 0 Å². The summed E-state index contributed by atoms with van der Waals surface area (Å²) in [6, 6.07) is 76.4. The zero-order chi connectivity index (χ0) is 41.4. The van der Waals surface area contributed by atoms with E-state index >= 15 is 0 Å². The van der Waals surface area contributed by atoms with E-state index in [2.05, 4.69) is 221 Å². The molecule has 0 bridgehead atoms. The molecule has 0 aliphatic heterocycles. The van der Waals surface area contributed by atoms with Crippen LogP contribution in [0.3, 0.4) is 0 Å². The van der Waals surface area contributed by atoms with Crippen molar-refractivity contribution in [2.45, 2.75) is 0 Å². The van der Waals surface area contributed by atoms with Gasteiger partial charge < -0.3 is 13.6 Å². The molecule has 13 rings (SSSR count). The van der Waals surface area contributed by atoms with E-state index in [4.69, 9.17) is 9.40 Å². The molecule has 0 saturated heterocycles. The molecular weight excluding hydrogens is 767 g/mol. The van der Waals surface area contributed by atoms with Gasteiger partial charge in [-0.3, -0.25) is 4.98 Å². The fraction of sp³-hybridized carbons (Fsp3) is 0. The molecule has 9 aromatic carbocycles. The normalized spacial score (nSPS) is 11.8. The molecular formula is C59H37N3O. The Balaban J connectivity index is 0.918. The lowest BCUT2D eigenvalue weighted by molar-refractivity contribution is 0.669. The van der Waals surface area contributed by atoms with Crippen molar-refractivity contribution >= 4 is 65.6 Å². The number of aromatic nitrogens is 3. The second-order valence-electron chi connectivity index (χ2n) is 16.4. The Morgan fingerprint density at radius 2 is 0.714 bits per heavy atom. The highest BCUT2D eigenvalue weighted by Gasteiger charge is 2.18. The number of para-hydroxylation sites is 2. The Bertz CT molecular complexity index is 3760. The fourth-order valence-electron chi connectivity index (χ4n) is 9.79. The largest absolute Gasteiger partial charge is 0.456 e. The van der Waals surface area contributed by atoms with Crippen molar-refractivity contribution in [3.63, 3.8) is 0 Å². The van der Waals surface area contributed by atoms with Gasteiger partial charge in [0.05, 0.1) is 22.1 Å². The number of furan rings is 1. The van der Waals surface area contributed by atoms with Gasteiger partial charge in [-0.05, 0) is 118 Å².